The third-order valence-corrected chi connectivity index (χ3v) is 6.03. The van der Waals surface area contributed by atoms with Crippen LogP contribution in [0.2, 0.25) is 0 Å². The zero-order chi connectivity index (χ0) is 33.4. The average Bonchev–Trinajstić information content (AvgIpc) is 2.95. The lowest BCUT2D eigenvalue weighted by atomic mass is 10.2. The van der Waals surface area contributed by atoms with Gasteiger partial charge >= 0.3 is 0 Å². The van der Waals surface area contributed by atoms with Crippen molar-refractivity contribution in [1.82, 2.24) is 0 Å². The van der Waals surface area contributed by atoms with Crippen molar-refractivity contribution in [3.63, 3.8) is 0 Å². The second-order valence-electron chi connectivity index (χ2n) is 9.40. The summed E-state index contributed by atoms with van der Waals surface area (Å²) in [7, 11) is 0. The third-order valence-electron chi connectivity index (χ3n) is 6.03. The van der Waals surface area contributed by atoms with E-state index in [2.05, 4.69) is 0 Å². The van der Waals surface area contributed by atoms with Gasteiger partial charge in [-0.25, -0.2) is 0 Å². The Morgan fingerprint density at radius 3 is 0.696 bits per heavy atom. The number of hydrogen-bond donors (Lipinski definition) is 12. The Morgan fingerprint density at radius 1 is 0.261 bits per heavy atom. The van der Waals surface area contributed by atoms with Gasteiger partial charge in [0.15, 0.2) is 57.5 Å². The van der Waals surface area contributed by atoms with Crippen LogP contribution in [0, 0.1) is 0 Å². The molecule has 0 heterocycles. The number of hydrogen-bond acceptors (Lipinski definition) is 16. The Balaban J connectivity index is 1.34. The average molecular weight is 638 g/mol. The Labute approximate surface area is 256 Å². The van der Waals surface area contributed by atoms with Crippen molar-refractivity contribution in [1.29, 1.82) is 0 Å². The van der Waals surface area contributed by atoms with E-state index < -0.39 is 92.0 Å². The van der Waals surface area contributed by atoms with Crippen LogP contribution in [0.5, 0.6) is 115 Å². The number of aromatic hydroxyl groups is 12. The molecule has 5 aromatic rings. The summed E-state index contributed by atoms with van der Waals surface area (Å²) < 4.78 is 21.4. The molecule has 46 heavy (non-hydrogen) atoms. The molecule has 0 amide bonds. The van der Waals surface area contributed by atoms with Crippen LogP contribution in [0.3, 0.4) is 0 Å². The Morgan fingerprint density at radius 2 is 0.457 bits per heavy atom. The summed E-state index contributed by atoms with van der Waals surface area (Å²) in [6.45, 7) is 0. The van der Waals surface area contributed by atoms with Crippen molar-refractivity contribution in [3.8, 4) is 115 Å². The van der Waals surface area contributed by atoms with E-state index in [9.17, 15) is 61.3 Å². The third kappa shape index (κ3) is 6.02. The van der Waals surface area contributed by atoms with Crippen molar-refractivity contribution in [2.45, 2.75) is 0 Å². The molecule has 0 fully saturated rings. The first-order valence-corrected chi connectivity index (χ1v) is 12.6. The van der Waals surface area contributed by atoms with Gasteiger partial charge in [0.05, 0.1) is 0 Å². The van der Waals surface area contributed by atoms with E-state index in [1.165, 1.54) is 0 Å². The van der Waals surface area contributed by atoms with E-state index in [-0.39, 0.29) is 23.0 Å². The second kappa shape index (κ2) is 11.5. The summed E-state index contributed by atoms with van der Waals surface area (Å²) in [6.07, 6.45) is 0. The molecular formula is C30H22O16. The van der Waals surface area contributed by atoms with Gasteiger partial charge in [-0.3, -0.25) is 0 Å². The monoisotopic (exact) mass is 638 g/mol. The quantitative estimate of drug-likeness (QED) is 0.0957. The van der Waals surface area contributed by atoms with Gasteiger partial charge in [-0.1, -0.05) is 0 Å². The van der Waals surface area contributed by atoms with E-state index in [1.54, 1.807) is 0 Å². The lowest BCUT2D eigenvalue weighted by molar-refractivity contribution is 0.344. The Kier molecular flexibility index (Phi) is 7.61. The van der Waals surface area contributed by atoms with Gasteiger partial charge in [-0.15, -0.1) is 0 Å². The highest BCUT2D eigenvalue weighted by molar-refractivity contribution is 5.63. The number of phenols is 12. The molecule has 0 spiro atoms. The maximum absolute atomic E-state index is 10.5. The van der Waals surface area contributed by atoms with Gasteiger partial charge in [0.2, 0.25) is 28.7 Å². The van der Waals surface area contributed by atoms with Gasteiger partial charge in [0, 0.05) is 60.7 Å². The molecule has 0 saturated carbocycles. The molecule has 5 aromatic carbocycles. The molecule has 16 nitrogen and oxygen atoms in total. The molecule has 0 bridgehead atoms. The summed E-state index contributed by atoms with van der Waals surface area (Å²) in [5, 5.41) is 120. The van der Waals surface area contributed by atoms with Crippen molar-refractivity contribution in [2.75, 3.05) is 0 Å². The van der Waals surface area contributed by atoms with Crippen molar-refractivity contribution in [2.24, 2.45) is 0 Å². The van der Waals surface area contributed by atoms with Gasteiger partial charge < -0.3 is 80.2 Å². The van der Waals surface area contributed by atoms with Gasteiger partial charge in [-0.05, 0) is 0 Å². The first-order chi connectivity index (χ1) is 21.7. The lowest BCUT2D eigenvalue weighted by Gasteiger charge is -2.16. The zero-order valence-electron chi connectivity index (χ0n) is 22.8. The van der Waals surface area contributed by atoms with Crippen LogP contribution in [0.25, 0.3) is 0 Å². The van der Waals surface area contributed by atoms with Crippen LogP contribution < -0.4 is 18.9 Å². The fourth-order valence-electron chi connectivity index (χ4n) is 4.01. The first kappa shape index (κ1) is 30.4. The fraction of sp³-hybridized carbons (Fsp3) is 0. The summed E-state index contributed by atoms with van der Waals surface area (Å²) in [4.78, 5) is 0. The van der Waals surface area contributed by atoms with Crippen LogP contribution in [-0.2, 0) is 0 Å². The molecule has 0 unspecified atom stereocenters. The predicted molar refractivity (Wildman–Crippen MR) is 152 cm³/mol. The lowest BCUT2D eigenvalue weighted by Crippen LogP contribution is -1.92. The smallest absolute Gasteiger partial charge is 0.210 e. The molecule has 16 heteroatoms. The molecule has 0 atom stereocenters. The van der Waals surface area contributed by atoms with Crippen molar-refractivity contribution >= 4 is 0 Å². The minimum absolute atomic E-state index is 0.268. The number of benzene rings is 5. The highest BCUT2D eigenvalue weighted by Crippen LogP contribution is 2.51. The molecule has 0 aromatic heterocycles. The molecule has 0 aliphatic carbocycles. The topological polar surface area (TPSA) is 280 Å². The number of phenolic OH excluding ortho intramolecular Hbond substituents is 12. The molecule has 0 radical (unpaired) electrons. The molecule has 0 aliphatic heterocycles. The maximum atomic E-state index is 10.5. The van der Waals surface area contributed by atoms with E-state index in [4.69, 9.17) is 18.9 Å². The van der Waals surface area contributed by atoms with Gasteiger partial charge in [0.1, 0.15) is 28.7 Å². The number of rotatable bonds is 8. The first-order valence-electron chi connectivity index (χ1n) is 12.6. The van der Waals surface area contributed by atoms with E-state index >= 15 is 0 Å². The van der Waals surface area contributed by atoms with Crippen LogP contribution in [-0.4, -0.2) is 61.3 Å². The largest absolute Gasteiger partial charge is 0.508 e. The van der Waals surface area contributed by atoms with Crippen molar-refractivity contribution in [3.05, 3.63) is 60.7 Å². The predicted octanol–water partition coefficient (Wildman–Crippen LogP) is 5.32. The minimum atomic E-state index is -0.813. The minimum Gasteiger partial charge on any atom is -0.508 e. The SMILES string of the molecule is Oc1cc(O)c(Oc2cc(O)c(Oc3cc(O)c(Oc4cc(O)c(Oc5cc(O)c(O)c(O)c5)c(O)c4)c(O)c3)c(O)c2)c(O)c1. The molecule has 0 aliphatic rings. The molecular weight excluding hydrogens is 616 g/mol. The summed E-state index contributed by atoms with van der Waals surface area (Å²) >= 11 is 0. The normalized spacial score (nSPS) is 10.8. The molecule has 0 saturated heterocycles. The fourth-order valence-corrected chi connectivity index (χ4v) is 4.01. The Bertz CT molecular complexity index is 1870. The molecule has 12 N–H and O–H groups in total. The number of ether oxygens (including phenoxy) is 4. The van der Waals surface area contributed by atoms with E-state index in [1.807, 2.05) is 0 Å². The van der Waals surface area contributed by atoms with Crippen LogP contribution in [0.4, 0.5) is 0 Å². The van der Waals surface area contributed by atoms with E-state index in [0.717, 1.165) is 60.7 Å². The Hall–Kier alpha value is -7.10. The van der Waals surface area contributed by atoms with Crippen molar-refractivity contribution < 1.29 is 80.2 Å². The maximum Gasteiger partial charge on any atom is 0.210 e. The van der Waals surface area contributed by atoms with Crippen LogP contribution in [0.15, 0.2) is 60.7 Å². The highest BCUT2D eigenvalue weighted by Gasteiger charge is 2.21. The standard InChI is InChI=1S/C30H22O16/c31-11-1-18(34)27(19(35)2-11)44-13-5-22(38)29(23(39)6-13)46-15-9-24(40)30(25(41)10-15)45-14-7-20(36)28(21(37)8-14)43-12-3-16(32)26(42)17(33)4-12/h1-10,31-42H. The summed E-state index contributed by atoms with van der Waals surface area (Å²) in [5.74, 6) is -11.7. The van der Waals surface area contributed by atoms with Gasteiger partial charge in [-0.2, -0.15) is 0 Å². The second-order valence-corrected chi connectivity index (χ2v) is 9.40. The van der Waals surface area contributed by atoms with E-state index in [0.29, 0.717) is 0 Å². The van der Waals surface area contributed by atoms with Gasteiger partial charge in [0.25, 0.3) is 0 Å². The van der Waals surface area contributed by atoms with Crippen LogP contribution in [0.1, 0.15) is 0 Å². The highest BCUT2D eigenvalue weighted by atomic mass is 16.5. The molecule has 238 valence electrons. The van der Waals surface area contributed by atoms with Crippen LogP contribution >= 0.6 is 0 Å². The summed E-state index contributed by atoms with van der Waals surface area (Å²) in [6, 6.07) is 9.14. The summed E-state index contributed by atoms with van der Waals surface area (Å²) in [5.41, 5.74) is 0. The zero-order valence-corrected chi connectivity index (χ0v) is 22.8. The molecule has 5 rings (SSSR count).